The molecule has 1 heterocycles. The number of thiophene rings is 1. The lowest BCUT2D eigenvalue weighted by Crippen LogP contribution is -2.22. The van der Waals surface area contributed by atoms with Gasteiger partial charge >= 0.3 is 0 Å². The van der Waals surface area contributed by atoms with Crippen LogP contribution in [0.4, 0.5) is 0 Å². The van der Waals surface area contributed by atoms with Crippen LogP contribution in [-0.4, -0.2) is 11.8 Å². The Bertz CT molecular complexity index is 906. The van der Waals surface area contributed by atoms with Gasteiger partial charge in [0.1, 0.15) is 12.4 Å². The molecule has 0 unspecified atom stereocenters. The Morgan fingerprint density at radius 2 is 1.77 bits per heavy atom. The van der Waals surface area contributed by atoms with E-state index in [1.165, 1.54) is 17.4 Å². The van der Waals surface area contributed by atoms with Crippen molar-refractivity contribution in [2.75, 3.05) is 0 Å². The highest BCUT2D eigenvalue weighted by atomic mass is 32.1. The van der Waals surface area contributed by atoms with Crippen molar-refractivity contribution in [1.82, 2.24) is 5.32 Å². The smallest absolute Gasteiger partial charge is 0.261 e. The summed E-state index contributed by atoms with van der Waals surface area (Å²) in [4.78, 5) is 23.7. The van der Waals surface area contributed by atoms with E-state index < -0.39 is 5.91 Å². The molecule has 0 bridgehead atoms. The van der Waals surface area contributed by atoms with Gasteiger partial charge < -0.3 is 15.8 Å². The highest BCUT2D eigenvalue weighted by Crippen LogP contribution is 2.17. The number of carbonyl (C=O) groups excluding carboxylic acids is 2. The van der Waals surface area contributed by atoms with Gasteiger partial charge in [-0.15, -0.1) is 11.3 Å². The van der Waals surface area contributed by atoms with Crippen LogP contribution in [0.25, 0.3) is 0 Å². The standard InChI is InChI=1S/C20H18N2O3S/c21-19(23)16-10-18(26-13-16)20(24)22-11-15-7-4-8-17(9-15)25-12-14-5-2-1-3-6-14/h1-10,13H,11-12H2,(H2,21,23)(H,22,24). The number of amides is 2. The van der Waals surface area contributed by atoms with Crippen molar-refractivity contribution < 1.29 is 14.3 Å². The van der Waals surface area contributed by atoms with Crippen molar-refractivity contribution in [3.8, 4) is 5.75 Å². The zero-order chi connectivity index (χ0) is 18.4. The summed E-state index contributed by atoms with van der Waals surface area (Å²) >= 11 is 1.19. The van der Waals surface area contributed by atoms with Crippen molar-refractivity contribution in [3.05, 3.63) is 87.6 Å². The third-order valence-corrected chi connectivity index (χ3v) is 4.64. The van der Waals surface area contributed by atoms with Gasteiger partial charge in [0.2, 0.25) is 5.91 Å². The van der Waals surface area contributed by atoms with E-state index in [9.17, 15) is 9.59 Å². The highest BCUT2D eigenvalue weighted by molar-refractivity contribution is 7.12. The summed E-state index contributed by atoms with van der Waals surface area (Å²) in [6.45, 7) is 0.854. The van der Waals surface area contributed by atoms with Gasteiger partial charge in [-0.25, -0.2) is 0 Å². The van der Waals surface area contributed by atoms with Crippen LogP contribution in [0.5, 0.6) is 5.75 Å². The van der Waals surface area contributed by atoms with E-state index >= 15 is 0 Å². The van der Waals surface area contributed by atoms with Gasteiger partial charge in [-0.2, -0.15) is 0 Å². The van der Waals surface area contributed by atoms with Crippen molar-refractivity contribution in [2.45, 2.75) is 13.2 Å². The largest absolute Gasteiger partial charge is 0.489 e. The van der Waals surface area contributed by atoms with Gasteiger partial charge in [0.25, 0.3) is 5.91 Å². The number of primary amides is 1. The molecule has 132 valence electrons. The van der Waals surface area contributed by atoms with Gasteiger partial charge in [-0.05, 0) is 29.3 Å². The Morgan fingerprint density at radius 3 is 2.50 bits per heavy atom. The second kappa shape index (κ2) is 8.31. The molecular weight excluding hydrogens is 348 g/mol. The molecule has 0 spiro atoms. The first-order chi connectivity index (χ1) is 12.6. The summed E-state index contributed by atoms with van der Waals surface area (Å²) in [5.41, 5.74) is 7.56. The van der Waals surface area contributed by atoms with E-state index in [2.05, 4.69) is 5.32 Å². The number of hydrogen-bond donors (Lipinski definition) is 2. The van der Waals surface area contributed by atoms with E-state index in [0.717, 1.165) is 16.9 Å². The fraction of sp³-hybridized carbons (Fsp3) is 0.100. The average molecular weight is 366 g/mol. The Hall–Kier alpha value is -3.12. The molecule has 0 radical (unpaired) electrons. The van der Waals surface area contributed by atoms with Gasteiger partial charge in [0.05, 0.1) is 10.4 Å². The van der Waals surface area contributed by atoms with Crippen molar-refractivity contribution >= 4 is 23.2 Å². The molecule has 1 aromatic heterocycles. The average Bonchev–Trinajstić information content (AvgIpc) is 3.16. The SMILES string of the molecule is NC(=O)c1csc(C(=O)NCc2cccc(OCc3ccccc3)c2)c1. The van der Waals surface area contributed by atoms with Crippen LogP contribution in [0.15, 0.2) is 66.0 Å². The zero-order valence-electron chi connectivity index (χ0n) is 14.0. The Morgan fingerprint density at radius 1 is 1.00 bits per heavy atom. The quantitative estimate of drug-likeness (QED) is 0.673. The van der Waals surface area contributed by atoms with E-state index in [0.29, 0.717) is 23.6 Å². The van der Waals surface area contributed by atoms with Crippen LogP contribution < -0.4 is 15.8 Å². The van der Waals surface area contributed by atoms with E-state index in [1.807, 2.05) is 54.6 Å². The number of nitrogens with one attached hydrogen (secondary N) is 1. The van der Waals surface area contributed by atoms with E-state index in [1.54, 1.807) is 5.38 Å². The van der Waals surface area contributed by atoms with Crippen LogP contribution in [0.1, 0.15) is 31.2 Å². The number of hydrogen-bond acceptors (Lipinski definition) is 4. The molecule has 0 saturated carbocycles. The molecule has 2 amide bonds. The summed E-state index contributed by atoms with van der Waals surface area (Å²) in [6.07, 6.45) is 0. The number of rotatable bonds is 7. The molecule has 6 heteroatoms. The molecule has 0 fully saturated rings. The molecule has 26 heavy (non-hydrogen) atoms. The van der Waals surface area contributed by atoms with Crippen LogP contribution in [-0.2, 0) is 13.2 Å². The zero-order valence-corrected chi connectivity index (χ0v) is 14.8. The number of ether oxygens (including phenoxy) is 1. The fourth-order valence-electron chi connectivity index (χ4n) is 2.34. The predicted octanol–water partition coefficient (Wildman–Crippen LogP) is 3.36. The highest BCUT2D eigenvalue weighted by Gasteiger charge is 2.11. The maximum atomic E-state index is 12.2. The first-order valence-corrected chi connectivity index (χ1v) is 8.92. The van der Waals surface area contributed by atoms with Gasteiger partial charge in [0, 0.05) is 11.9 Å². The predicted molar refractivity (Wildman–Crippen MR) is 101 cm³/mol. The first-order valence-electron chi connectivity index (χ1n) is 8.04. The third-order valence-electron chi connectivity index (χ3n) is 3.71. The summed E-state index contributed by atoms with van der Waals surface area (Å²) < 4.78 is 5.79. The lowest BCUT2D eigenvalue weighted by molar-refractivity contribution is 0.0954. The number of carbonyl (C=O) groups is 2. The second-order valence-electron chi connectivity index (χ2n) is 5.67. The van der Waals surface area contributed by atoms with Crippen molar-refractivity contribution in [2.24, 2.45) is 5.73 Å². The molecule has 5 nitrogen and oxygen atoms in total. The second-order valence-corrected chi connectivity index (χ2v) is 6.58. The molecule has 3 rings (SSSR count). The van der Waals surface area contributed by atoms with Crippen LogP contribution in [0.3, 0.4) is 0 Å². The van der Waals surface area contributed by atoms with E-state index in [-0.39, 0.29) is 5.91 Å². The van der Waals surface area contributed by atoms with Crippen molar-refractivity contribution in [1.29, 1.82) is 0 Å². The molecule has 0 aliphatic carbocycles. The normalized spacial score (nSPS) is 10.3. The summed E-state index contributed by atoms with van der Waals surface area (Å²) in [5.74, 6) is -0.0330. The van der Waals surface area contributed by atoms with Gasteiger partial charge in [-0.1, -0.05) is 42.5 Å². The molecule has 3 aromatic rings. The lowest BCUT2D eigenvalue weighted by Gasteiger charge is -2.09. The lowest BCUT2D eigenvalue weighted by atomic mass is 10.2. The number of nitrogens with two attached hydrogens (primary N) is 1. The summed E-state index contributed by atoms with van der Waals surface area (Å²) in [5, 5.41) is 4.41. The van der Waals surface area contributed by atoms with Crippen molar-refractivity contribution in [3.63, 3.8) is 0 Å². The molecule has 3 N–H and O–H groups in total. The van der Waals surface area contributed by atoms with E-state index in [4.69, 9.17) is 10.5 Å². The minimum atomic E-state index is -0.538. The summed E-state index contributed by atoms with van der Waals surface area (Å²) in [7, 11) is 0. The van der Waals surface area contributed by atoms with Gasteiger partial charge in [0.15, 0.2) is 0 Å². The third kappa shape index (κ3) is 4.70. The fourth-order valence-corrected chi connectivity index (χ4v) is 3.15. The monoisotopic (exact) mass is 366 g/mol. The molecule has 0 aliphatic rings. The Labute approximate surface area is 155 Å². The number of benzene rings is 2. The molecule has 0 atom stereocenters. The maximum absolute atomic E-state index is 12.2. The molecular formula is C20H18N2O3S. The summed E-state index contributed by atoms with van der Waals surface area (Å²) in [6, 6.07) is 19.0. The molecule has 2 aromatic carbocycles. The van der Waals surface area contributed by atoms with Crippen LogP contribution in [0, 0.1) is 0 Å². The first kappa shape index (κ1) is 17.7. The Balaban J connectivity index is 1.56. The van der Waals surface area contributed by atoms with Crippen LogP contribution in [0.2, 0.25) is 0 Å². The minimum absolute atomic E-state index is 0.238. The minimum Gasteiger partial charge on any atom is -0.489 e. The van der Waals surface area contributed by atoms with Gasteiger partial charge in [-0.3, -0.25) is 9.59 Å². The Kier molecular flexibility index (Phi) is 5.66. The molecule has 0 aliphatic heterocycles. The maximum Gasteiger partial charge on any atom is 0.261 e. The van der Waals surface area contributed by atoms with Crippen LogP contribution >= 0.6 is 11.3 Å². The topological polar surface area (TPSA) is 81.4 Å². The molecule has 0 saturated heterocycles.